The molecule has 0 aliphatic carbocycles. The number of hydrogen-bond acceptors (Lipinski definition) is 4. The standard InChI is InChI=1S/C22H27N3O2/c26-22(24-13-17-4-2-1-3-5-17)12-21-20-8-11-25(15-19(20)16-27-21)14-18-6-9-23-10-7-18/h1-7,9-10,19-21H,8,11-16H2,(H,24,26)/t19-,20-,21+/m1/s1. The van der Waals surface area contributed by atoms with E-state index in [1.807, 2.05) is 42.7 Å². The van der Waals surface area contributed by atoms with Crippen molar-refractivity contribution in [1.29, 1.82) is 0 Å². The normalized spacial score (nSPS) is 25.1. The molecule has 1 aromatic heterocycles. The van der Waals surface area contributed by atoms with Crippen molar-refractivity contribution in [2.75, 3.05) is 19.7 Å². The zero-order chi connectivity index (χ0) is 18.5. The third kappa shape index (κ3) is 4.73. The minimum Gasteiger partial charge on any atom is -0.377 e. The van der Waals surface area contributed by atoms with Gasteiger partial charge in [-0.05, 0) is 42.1 Å². The average Bonchev–Trinajstić information content (AvgIpc) is 3.10. The molecule has 1 N–H and O–H groups in total. The van der Waals surface area contributed by atoms with Crippen LogP contribution in [0, 0.1) is 11.8 Å². The number of nitrogens with one attached hydrogen (secondary N) is 1. The lowest BCUT2D eigenvalue weighted by atomic mass is 9.83. The van der Waals surface area contributed by atoms with Gasteiger partial charge in [-0.3, -0.25) is 14.7 Å². The van der Waals surface area contributed by atoms with Gasteiger partial charge in [0.25, 0.3) is 0 Å². The van der Waals surface area contributed by atoms with Crippen LogP contribution in [0.4, 0.5) is 0 Å². The fraction of sp³-hybridized carbons (Fsp3) is 0.455. The van der Waals surface area contributed by atoms with Gasteiger partial charge in [-0.25, -0.2) is 0 Å². The number of likely N-dealkylation sites (tertiary alicyclic amines) is 1. The Morgan fingerprint density at radius 1 is 1.15 bits per heavy atom. The van der Waals surface area contributed by atoms with Gasteiger partial charge < -0.3 is 10.1 Å². The van der Waals surface area contributed by atoms with Crippen molar-refractivity contribution < 1.29 is 9.53 Å². The summed E-state index contributed by atoms with van der Waals surface area (Å²) >= 11 is 0. The van der Waals surface area contributed by atoms with Gasteiger partial charge >= 0.3 is 0 Å². The van der Waals surface area contributed by atoms with E-state index in [4.69, 9.17) is 4.74 Å². The smallest absolute Gasteiger partial charge is 0.222 e. The molecule has 3 atom stereocenters. The molecule has 0 radical (unpaired) electrons. The molecule has 4 rings (SSSR count). The quantitative estimate of drug-likeness (QED) is 0.855. The molecule has 1 aromatic carbocycles. The van der Waals surface area contributed by atoms with Gasteiger partial charge in [0.2, 0.25) is 5.91 Å². The first-order valence-corrected chi connectivity index (χ1v) is 9.81. The van der Waals surface area contributed by atoms with Crippen LogP contribution >= 0.6 is 0 Å². The zero-order valence-electron chi connectivity index (χ0n) is 15.6. The van der Waals surface area contributed by atoms with E-state index in [9.17, 15) is 4.79 Å². The molecule has 2 aliphatic heterocycles. The maximum Gasteiger partial charge on any atom is 0.222 e. The van der Waals surface area contributed by atoms with Gasteiger partial charge in [-0.1, -0.05) is 30.3 Å². The summed E-state index contributed by atoms with van der Waals surface area (Å²) in [6.45, 7) is 4.44. The van der Waals surface area contributed by atoms with Crippen LogP contribution in [0.25, 0.3) is 0 Å². The first kappa shape index (κ1) is 18.1. The number of aromatic nitrogens is 1. The number of pyridine rings is 1. The van der Waals surface area contributed by atoms with Crippen LogP contribution in [0.1, 0.15) is 24.0 Å². The molecule has 2 saturated heterocycles. The average molecular weight is 365 g/mol. The van der Waals surface area contributed by atoms with Crippen molar-refractivity contribution in [3.8, 4) is 0 Å². The van der Waals surface area contributed by atoms with Crippen molar-refractivity contribution in [3.05, 3.63) is 66.0 Å². The van der Waals surface area contributed by atoms with E-state index >= 15 is 0 Å². The highest BCUT2D eigenvalue weighted by Crippen LogP contribution is 2.36. The molecule has 3 heterocycles. The van der Waals surface area contributed by atoms with Crippen LogP contribution in [0.3, 0.4) is 0 Å². The Hall–Kier alpha value is -2.24. The number of carbonyl (C=O) groups excluding carboxylic acids is 1. The van der Waals surface area contributed by atoms with Gasteiger partial charge in [0.1, 0.15) is 0 Å². The van der Waals surface area contributed by atoms with E-state index in [1.165, 1.54) is 5.56 Å². The molecule has 0 spiro atoms. The fourth-order valence-corrected chi connectivity index (χ4v) is 4.31. The van der Waals surface area contributed by atoms with Crippen molar-refractivity contribution in [2.45, 2.75) is 32.0 Å². The van der Waals surface area contributed by atoms with Crippen molar-refractivity contribution >= 4 is 5.91 Å². The molecule has 27 heavy (non-hydrogen) atoms. The summed E-state index contributed by atoms with van der Waals surface area (Å²) in [7, 11) is 0. The second-order valence-corrected chi connectivity index (χ2v) is 7.64. The Morgan fingerprint density at radius 2 is 1.96 bits per heavy atom. The van der Waals surface area contributed by atoms with Gasteiger partial charge in [0.05, 0.1) is 19.1 Å². The van der Waals surface area contributed by atoms with E-state index in [1.54, 1.807) is 0 Å². The van der Waals surface area contributed by atoms with Gasteiger partial charge in [-0.2, -0.15) is 0 Å². The zero-order valence-corrected chi connectivity index (χ0v) is 15.6. The van der Waals surface area contributed by atoms with Gasteiger partial charge in [0.15, 0.2) is 0 Å². The highest BCUT2D eigenvalue weighted by Gasteiger charge is 2.41. The van der Waals surface area contributed by atoms with Crippen molar-refractivity contribution in [1.82, 2.24) is 15.2 Å². The summed E-state index contributed by atoms with van der Waals surface area (Å²) in [5, 5.41) is 3.03. The number of hydrogen-bond donors (Lipinski definition) is 1. The van der Waals surface area contributed by atoms with E-state index in [0.29, 0.717) is 24.8 Å². The lowest BCUT2D eigenvalue weighted by molar-refractivity contribution is -0.124. The molecule has 2 aliphatic rings. The molecular formula is C22H27N3O2. The summed E-state index contributed by atoms with van der Waals surface area (Å²) < 4.78 is 6.02. The highest BCUT2D eigenvalue weighted by atomic mass is 16.5. The summed E-state index contributed by atoms with van der Waals surface area (Å²) in [5.74, 6) is 1.12. The molecule has 2 aromatic rings. The van der Waals surface area contributed by atoms with Crippen LogP contribution in [0.2, 0.25) is 0 Å². The highest BCUT2D eigenvalue weighted by molar-refractivity contribution is 5.76. The first-order chi connectivity index (χ1) is 13.3. The number of ether oxygens (including phenoxy) is 1. The maximum absolute atomic E-state index is 12.3. The maximum atomic E-state index is 12.3. The number of rotatable bonds is 6. The first-order valence-electron chi connectivity index (χ1n) is 9.81. The predicted molar refractivity (Wildman–Crippen MR) is 104 cm³/mol. The lowest BCUT2D eigenvalue weighted by Crippen LogP contribution is -2.41. The van der Waals surface area contributed by atoms with Crippen LogP contribution in [0.15, 0.2) is 54.9 Å². The number of nitrogens with zero attached hydrogens (tertiary/aromatic N) is 2. The lowest BCUT2D eigenvalue weighted by Gasteiger charge is -2.35. The minimum atomic E-state index is 0.0637. The minimum absolute atomic E-state index is 0.0637. The second-order valence-electron chi connectivity index (χ2n) is 7.64. The number of fused-ring (bicyclic) bond motifs is 1. The Morgan fingerprint density at radius 3 is 2.78 bits per heavy atom. The monoisotopic (exact) mass is 365 g/mol. The molecule has 0 saturated carbocycles. The van der Waals surface area contributed by atoms with Crippen molar-refractivity contribution in [3.63, 3.8) is 0 Å². The summed E-state index contributed by atoms with van der Waals surface area (Å²) in [5.41, 5.74) is 2.43. The van der Waals surface area contributed by atoms with Gasteiger partial charge in [0, 0.05) is 37.9 Å². The Kier molecular flexibility index (Phi) is 5.80. The molecule has 2 fully saturated rings. The number of benzene rings is 1. The topological polar surface area (TPSA) is 54.5 Å². The third-order valence-electron chi connectivity index (χ3n) is 5.75. The molecule has 1 amide bonds. The van der Waals surface area contributed by atoms with E-state index < -0.39 is 0 Å². The summed E-state index contributed by atoms with van der Waals surface area (Å²) in [6, 6.07) is 14.2. The summed E-state index contributed by atoms with van der Waals surface area (Å²) in [4.78, 5) is 18.9. The SMILES string of the molecule is O=C(C[C@@H]1OC[C@H]2CN(Cc3ccncc3)CC[C@H]21)NCc1ccccc1. The van der Waals surface area contributed by atoms with Crippen molar-refractivity contribution in [2.24, 2.45) is 11.8 Å². The van der Waals surface area contributed by atoms with E-state index in [-0.39, 0.29) is 12.0 Å². The number of piperidine rings is 1. The number of amides is 1. The Bertz CT molecular complexity index is 738. The Balaban J connectivity index is 1.24. The third-order valence-corrected chi connectivity index (χ3v) is 5.75. The molecule has 5 heteroatoms. The van der Waals surface area contributed by atoms with Crippen LogP contribution in [0.5, 0.6) is 0 Å². The van der Waals surface area contributed by atoms with E-state index in [0.717, 1.165) is 38.2 Å². The largest absolute Gasteiger partial charge is 0.377 e. The molecule has 142 valence electrons. The van der Waals surface area contributed by atoms with Gasteiger partial charge in [-0.15, -0.1) is 0 Å². The van der Waals surface area contributed by atoms with Crippen LogP contribution in [-0.2, 0) is 22.6 Å². The Labute approximate surface area is 160 Å². The molecule has 0 bridgehead atoms. The molecular weight excluding hydrogens is 338 g/mol. The summed E-state index contributed by atoms with van der Waals surface area (Å²) in [6.07, 6.45) is 5.34. The molecule has 0 unspecified atom stereocenters. The predicted octanol–water partition coefficient (Wildman–Crippen LogP) is 2.63. The van der Waals surface area contributed by atoms with Crippen LogP contribution in [-0.4, -0.2) is 41.6 Å². The number of carbonyl (C=O) groups is 1. The van der Waals surface area contributed by atoms with E-state index in [2.05, 4.69) is 27.3 Å². The van der Waals surface area contributed by atoms with Crippen LogP contribution < -0.4 is 5.32 Å². The fourth-order valence-electron chi connectivity index (χ4n) is 4.31. The molecule has 5 nitrogen and oxygen atoms in total. The second kappa shape index (κ2) is 8.63.